The van der Waals surface area contributed by atoms with Gasteiger partial charge in [0.1, 0.15) is 5.75 Å². The van der Waals surface area contributed by atoms with Crippen LogP contribution in [0.1, 0.15) is 17.3 Å². The van der Waals surface area contributed by atoms with E-state index in [0.717, 1.165) is 0 Å². The predicted molar refractivity (Wildman–Crippen MR) is 72.7 cm³/mol. The van der Waals surface area contributed by atoms with Gasteiger partial charge in [-0.3, -0.25) is 4.79 Å². The zero-order chi connectivity index (χ0) is 14.1. The van der Waals surface area contributed by atoms with E-state index >= 15 is 0 Å². The van der Waals surface area contributed by atoms with Crippen LogP contribution in [0.25, 0.3) is 0 Å². The third kappa shape index (κ3) is 4.98. The zero-order valence-electron chi connectivity index (χ0n) is 11.4. The molecule has 1 unspecified atom stereocenters. The van der Waals surface area contributed by atoms with Crippen molar-refractivity contribution in [3.05, 3.63) is 29.8 Å². The third-order valence-electron chi connectivity index (χ3n) is 2.70. The third-order valence-corrected chi connectivity index (χ3v) is 2.70. The summed E-state index contributed by atoms with van der Waals surface area (Å²) in [6.07, 6.45) is 0. The van der Waals surface area contributed by atoms with Crippen molar-refractivity contribution in [1.29, 1.82) is 0 Å². The van der Waals surface area contributed by atoms with Gasteiger partial charge in [-0.25, -0.2) is 0 Å². The SMILES string of the molecule is COc1ccccc1C(=O)C(C)NCCOCCO. The molecule has 0 aliphatic carbocycles. The summed E-state index contributed by atoms with van der Waals surface area (Å²) in [6.45, 7) is 3.15. The molecule has 0 aromatic heterocycles. The molecule has 0 spiro atoms. The molecular formula is C14H21NO4. The molecule has 5 heteroatoms. The van der Waals surface area contributed by atoms with Crippen LogP contribution in [0.2, 0.25) is 0 Å². The van der Waals surface area contributed by atoms with Crippen LogP contribution in [0.5, 0.6) is 5.75 Å². The average Bonchev–Trinajstić information content (AvgIpc) is 2.46. The number of hydrogen-bond acceptors (Lipinski definition) is 5. The van der Waals surface area contributed by atoms with E-state index < -0.39 is 0 Å². The lowest BCUT2D eigenvalue weighted by Crippen LogP contribution is -2.36. The van der Waals surface area contributed by atoms with Crippen molar-refractivity contribution < 1.29 is 19.4 Å². The van der Waals surface area contributed by atoms with Crippen LogP contribution in [0.3, 0.4) is 0 Å². The van der Waals surface area contributed by atoms with Crippen molar-refractivity contribution in [2.24, 2.45) is 0 Å². The first-order valence-corrected chi connectivity index (χ1v) is 6.30. The van der Waals surface area contributed by atoms with Gasteiger partial charge < -0.3 is 19.9 Å². The summed E-state index contributed by atoms with van der Waals surface area (Å²) >= 11 is 0. The van der Waals surface area contributed by atoms with Crippen molar-refractivity contribution in [3.63, 3.8) is 0 Å². The molecule has 0 amide bonds. The van der Waals surface area contributed by atoms with Crippen LogP contribution >= 0.6 is 0 Å². The Morgan fingerprint density at radius 3 is 2.79 bits per heavy atom. The quantitative estimate of drug-likeness (QED) is 0.513. The summed E-state index contributed by atoms with van der Waals surface area (Å²) in [4.78, 5) is 12.2. The number of aliphatic hydroxyl groups is 1. The molecular weight excluding hydrogens is 246 g/mol. The van der Waals surface area contributed by atoms with E-state index in [1.807, 2.05) is 12.1 Å². The second kappa shape index (κ2) is 8.63. The number of ketones is 1. The molecule has 1 atom stereocenters. The number of hydrogen-bond donors (Lipinski definition) is 2. The molecule has 0 saturated heterocycles. The molecule has 0 bridgehead atoms. The van der Waals surface area contributed by atoms with Gasteiger partial charge in [0.2, 0.25) is 0 Å². The van der Waals surface area contributed by atoms with Gasteiger partial charge in [-0.2, -0.15) is 0 Å². The van der Waals surface area contributed by atoms with Gasteiger partial charge in [0.05, 0.1) is 38.5 Å². The molecule has 1 aromatic carbocycles. The fourth-order valence-corrected chi connectivity index (χ4v) is 1.69. The lowest BCUT2D eigenvalue weighted by molar-refractivity contribution is 0.0869. The number of Topliss-reactive ketones (excluding diaryl/α,β-unsaturated/α-hetero) is 1. The van der Waals surface area contributed by atoms with Crippen molar-refractivity contribution >= 4 is 5.78 Å². The number of rotatable bonds is 9. The Morgan fingerprint density at radius 1 is 1.37 bits per heavy atom. The molecule has 0 radical (unpaired) electrons. The van der Waals surface area contributed by atoms with E-state index in [-0.39, 0.29) is 18.4 Å². The highest BCUT2D eigenvalue weighted by atomic mass is 16.5. The van der Waals surface area contributed by atoms with Gasteiger partial charge >= 0.3 is 0 Å². The molecule has 0 saturated carbocycles. The smallest absolute Gasteiger partial charge is 0.183 e. The van der Waals surface area contributed by atoms with Crippen molar-refractivity contribution in [3.8, 4) is 5.75 Å². The summed E-state index contributed by atoms with van der Waals surface area (Å²) in [5.41, 5.74) is 0.571. The number of para-hydroxylation sites is 1. The number of nitrogens with one attached hydrogen (secondary N) is 1. The van der Waals surface area contributed by atoms with E-state index in [0.29, 0.717) is 31.1 Å². The molecule has 0 aliphatic rings. The van der Waals surface area contributed by atoms with Crippen molar-refractivity contribution in [1.82, 2.24) is 5.32 Å². The van der Waals surface area contributed by atoms with Gasteiger partial charge in [-0.15, -0.1) is 0 Å². The first-order chi connectivity index (χ1) is 9.20. The van der Waals surface area contributed by atoms with Crippen LogP contribution in [-0.2, 0) is 4.74 Å². The van der Waals surface area contributed by atoms with E-state index in [9.17, 15) is 4.79 Å². The number of methoxy groups -OCH3 is 1. The van der Waals surface area contributed by atoms with Crippen molar-refractivity contribution in [2.45, 2.75) is 13.0 Å². The Hall–Kier alpha value is -1.43. The van der Waals surface area contributed by atoms with E-state index in [1.54, 1.807) is 26.2 Å². The van der Waals surface area contributed by atoms with Gasteiger partial charge in [0.15, 0.2) is 5.78 Å². The van der Waals surface area contributed by atoms with Gasteiger partial charge in [-0.05, 0) is 19.1 Å². The monoisotopic (exact) mass is 267 g/mol. The molecule has 0 fully saturated rings. The zero-order valence-corrected chi connectivity index (χ0v) is 11.4. The second-order valence-electron chi connectivity index (χ2n) is 4.08. The Labute approximate surface area is 113 Å². The van der Waals surface area contributed by atoms with Gasteiger partial charge in [-0.1, -0.05) is 12.1 Å². The lowest BCUT2D eigenvalue weighted by atomic mass is 10.0. The van der Waals surface area contributed by atoms with Crippen LogP contribution in [0.15, 0.2) is 24.3 Å². The first-order valence-electron chi connectivity index (χ1n) is 6.30. The van der Waals surface area contributed by atoms with E-state index in [2.05, 4.69) is 5.32 Å². The number of carbonyl (C=O) groups excluding carboxylic acids is 1. The second-order valence-corrected chi connectivity index (χ2v) is 4.08. The predicted octanol–water partition coefficient (Wildman–Crippen LogP) is 0.865. The molecule has 19 heavy (non-hydrogen) atoms. The largest absolute Gasteiger partial charge is 0.496 e. The summed E-state index contributed by atoms with van der Waals surface area (Å²) < 4.78 is 10.3. The fraction of sp³-hybridized carbons (Fsp3) is 0.500. The summed E-state index contributed by atoms with van der Waals surface area (Å²) in [6, 6.07) is 6.85. The highest BCUT2D eigenvalue weighted by Gasteiger charge is 2.17. The molecule has 1 aromatic rings. The number of ether oxygens (including phenoxy) is 2. The maximum atomic E-state index is 12.2. The molecule has 5 nitrogen and oxygen atoms in total. The Balaban J connectivity index is 2.47. The Bertz CT molecular complexity index is 395. The minimum Gasteiger partial charge on any atom is -0.496 e. The highest BCUT2D eigenvalue weighted by Crippen LogP contribution is 2.18. The maximum Gasteiger partial charge on any atom is 0.183 e. The van der Waals surface area contributed by atoms with Crippen molar-refractivity contribution in [2.75, 3.05) is 33.5 Å². The number of carbonyl (C=O) groups is 1. The first kappa shape index (κ1) is 15.6. The fourth-order valence-electron chi connectivity index (χ4n) is 1.69. The maximum absolute atomic E-state index is 12.2. The molecule has 0 aliphatic heterocycles. The molecule has 2 N–H and O–H groups in total. The molecule has 1 rings (SSSR count). The van der Waals surface area contributed by atoms with Crippen LogP contribution in [0.4, 0.5) is 0 Å². The minimum atomic E-state index is -0.311. The highest BCUT2D eigenvalue weighted by molar-refractivity contribution is 6.02. The standard InChI is InChI=1S/C14H21NO4/c1-11(15-7-9-19-10-8-16)14(17)12-5-3-4-6-13(12)18-2/h3-6,11,15-16H,7-10H2,1-2H3. The lowest BCUT2D eigenvalue weighted by Gasteiger charge is -2.14. The van der Waals surface area contributed by atoms with Crippen LogP contribution < -0.4 is 10.1 Å². The summed E-state index contributed by atoms with van der Waals surface area (Å²) in [5, 5.41) is 11.6. The topological polar surface area (TPSA) is 67.8 Å². The normalized spacial score (nSPS) is 12.2. The van der Waals surface area contributed by atoms with E-state index in [1.165, 1.54) is 0 Å². The number of benzene rings is 1. The van der Waals surface area contributed by atoms with Gasteiger partial charge in [0, 0.05) is 6.54 Å². The molecule has 0 heterocycles. The Morgan fingerprint density at radius 2 is 2.11 bits per heavy atom. The number of aliphatic hydroxyl groups excluding tert-OH is 1. The Kier molecular flexibility index (Phi) is 7.10. The van der Waals surface area contributed by atoms with Crippen LogP contribution in [-0.4, -0.2) is 50.4 Å². The van der Waals surface area contributed by atoms with Gasteiger partial charge in [0.25, 0.3) is 0 Å². The molecule has 106 valence electrons. The average molecular weight is 267 g/mol. The van der Waals surface area contributed by atoms with E-state index in [4.69, 9.17) is 14.6 Å². The minimum absolute atomic E-state index is 0.00962. The summed E-state index contributed by atoms with van der Waals surface area (Å²) in [5.74, 6) is 0.567. The summed E-state index contributed by atoms with van der Waals surface area (Å²) in [7, 11) is 1.55. The van der Waals surface area contributed by atoms with Crippen LogP contribution in [0, 0.1) is 0 Å².